The third-order valence-corrected chi connectivity index (χ3v) is 2.96. The monoisotopic (exact) mass is 282 g/mol. The van der Waals surface area contributed by atoms with Crippen LogP contribution in [0.15, 0.2) is 30.3 Å². The Morgan fingerprint density at radius 3 is 2.00 bits per heavy atom. The minimum atomic E-state index is -4.70. The SMILES string of the molecule is F[B-](F)(F)CN1CCN(c2ccccc2)CC1.[K+]. The van der Waals surface area contributed by atoms with Gasteiger partial charge in [-0.2, -0.15) is 0 Å². The molecule has 1 aliphatic rings. The number of hydrogen-bond donors (Lipinski definition) is 0. The molecule has 1 aliphatic heterocycles. The molecule has 2 rings (SSSR count). The molecule has 1 heterocycles. The molecule has 0 spiro atoms. The summed E-state index contributed by atoms with van der Waals surface area (Å²) < 4.78 is 36.8. The van der Waals surface area contributed by atoms with Crippen molar-refractivity contribution in [1.82, 2.24) is 4.90 Å². The molecule has 0 radical (unpaired) electrons. The molecule has 0 aliphatic carbocycles. The Morgan fingerprint density at radius 1 is 0.944 bits per heavy atom. The van der Waals surface area contributed by atoms with Gasteiger partial charge >= 0.3 is 58.4 Å². The Kier molecular flexibility index (Phi) is 6.71. The minimum Gasteiger partial charge on any atom is -0.448 e. The minimum absolute atomic E-state index is 0. The molecule has 7 heteroatoms. The van der Waals surface area contributed by atoms with Crippen LogP contribution >= 0.6 is 0 Å². The third-order valence-electron chi connectivity index (χ3n) is 2.96. The smallest absolute Gasteiger partial charge is 0.448 e. The average Bonchev–Trinajstić information content (AvgIpc) is 2.29. The van der Waals surface area contributed by atoms with Crippen LogP contribution < -0.4 is 56.3 Å². The Balaban J connectivity index is 0.00000162. The van der Waals surface area contributed by atoms with Crippen LogP contribution in [0, 0.1) is 0 Å². The van der Waals surface area contributed by atoms with Crippen molar-refractivity contribution in [3.05, 3.63) is 30.3 Å². The van der Waals surface area contributed by atoms with Gasteiger partial charge in [-0.3, -0.25) is 0 Å². The Labute approximate surface area is 148 Å². The molecule has 1 saturated heterocycles. The standard InChI is InChI=1S/C11H15BF3N2.K/c13-12(14,15)10-16-6-8-17(9-7-16)11-4-2-1-3-5-11;/h1-5H,6-10H2;/q-1;+1. The topological polar surface area (TPSA) is 6.48 Å². The van der Waals surface area contributed by atoms with Crippen LogP contribution in [-0.2, 0) is 0 Å². The van der Waals surface area contributed by atoms with Crippen molar-refractivity contribution in [1.29, 1.82) is 0 Å². The summed E-state index contributed by atoms with van der Waals surface area (Å²) in [5.74, 6) is 0. The predicted molar refractivity (Wildman–Crippen MR) is 64.2 cm³/mol. The summed E-state index contributed by atoms with van der Waals surface area (Å²) in [6.45, 7) is -2.41. The maximum absolute atomic E-state index is 12.3. The van der Waals surface area contributed by atoms with E-state index in [1.807, 2.05) is 30.3 Å². The first kappa shape index (κ1) is 16.5. The molecule has 1 fully saturated rings. The molecule has 94 valence electrons. The fraction of sp³-hybridized carbons (Fsp3) is 0.455. The summed E-state index contributed by atoms with van der Waals surface area (Å²) in [6, 6.07) is 9.81. The van der Waals surface area contributed by atoms with Crippen LogP contribution in [0.3, 0.4) is 0 Å². The summed E-state index contributed by atoms with van der Waals surface area (Å²) in [5.41, 5.74) is 1.09. The van der Waals surface area contributed by atoms with Gasteiger partial charge in [0.15, 0.2) is 0 Å². The van der Waals surface area contributed by atoms with Crippen molar-refractivity contribution >= 4 is 12.7 Å². The largest absolute Gasteiger partial charge is 1.00 e. The predicted octanol–water partition coefficient (Wildman–Crippen LogP) is -0.801. The number of rotatable bonds is 3. The van der Waals surface area contributed by atoms with E-state index in [2.05, 4.69) is 4.90 Å². The zero-order valence-electron chi connectivity index (χ0n) is 10.5. The zero-order chi connectivity index (χ0) is 12.3. The van der Waals surface area contributed by atoms with Gasteiger partial charge in [0.25, 0.3) is 0 Å². The second-order valence-electron chi connectivity index (χ2n) is 4.33. The molecular weight excluding hydrogens is 267 g/mol. The fourth-order valence-corrected chi connectivity index (χ4v) is 2.12. The van der Waals surface area contributed by atoms with Crippen LogP contribution in [0.25, 0.3) is 0 Å². The zero-order valence-corrected chi connectivity index (χ0v) is 13.7. The molecule has 0 bridgehead atoms. The van der Waals surface area contributed by atoms with Crippen LogP contribution in [0.1, 0.15) is 0 Å². The van der Waals surface area contributed by atoms with Gasteiger partial charge in [0.2, 0.25) is 0 Å². The Morgan fingerprint density at radius 2 is 1.50 bits per heavy atom. The van der Waals surface area contributed by atoms with Crippen LogP contribution in [0.2, 0.25) is 0 Å². The van der Waals surface area contributed by atoms with Crippen molar-refractivity contribution in [3.63, 3.8) is 0 Å². The summed E-state index contributed by atoms with van der Waals surface area (Å²) in [6.07, 6.45) is -0.734. The van der Waals surface area contributed by atoms with E-state index in [1.54, 1.807) is 0 Å². The van der Waals surface area contributed by atoms with Crippen molar-refractivity contribution in [2.45, 2.75) is 0 Å². The molecule has 0 saturated carbocycles. The molecule has 0 N–H and O–H groups in total. The summed E-state index contributed by atoms with van der Waals surface area (Å²) in [5, 5.41) is 0. The number of halogens is 3. The second-order valence-corrected chi connectivity index (χ2v) is 4.33. The second kappa shape index (κ2) is 7.31. The summed E-state index contributed by atoms with van der Waals surface area (Å²) in [4.78, 5) is 3.61. The number of hydrogen-bond acceptors (Lipinski definition) is 2. The van der Waals surface area contributed by atoms with Gasteiger partial charge in [0, 0.05) is 31.9 Å². The van der Waals surface area contributed by atoms with E-state index in [-0.39, 0.29) is 51.4 Å². The normalized spacial score (nSPS) is 17.4. The van der Waals surface area contributed by atoms with Gasteiger partial charge in [-0.05, 0) is 18.6 Å². The van der Waals surface area contributed by atoms with E-state index < -0.39 is 13.4 Å². The molecular formula is C11H15BF3KN2. The molecule has 1 aromatic rings. The van der Waals surface area contributed by atoms with Gasteiger partial charge < -0.3 is 22.7 Å². The molecule has 1 aromatic carbocycles. The van der Waals surface area contributed by atoms with E-state index in [0.29, 0.717) is 26.2 Å². The molecule has 18 heavy (non-hydrogen) atoms. The van der Waals surface area contributed by atoms with Crippen molar-refractivity contribution in [3.8, 4) is 0 Å². The van der Waals surface area contributed by atoms with Crippen molar-refractivity contribution in [2.75, 3.05) is 37.5 Å². The number of piperazine rings is 1. The number of anilines is 1. The van der Waals surface area contributed by atoms with Gasteiger partial charge in [0.05, 0.1) is 0 Å². The van der Waals surface area contributed by atoms with Gasteiger partial charge in [0.1, 0.15) is 0 Å². The Hall–Kier alpha value is 0.471. The average molecular weight is 282 g/mol. The molecule has 0 amide bonds. The molecule has 0 unspecified atom stereocenters. The van der Waals surface area contributed by atoms with E-state index in [1.165, 1.54) is 4.90 Å². The van der Waals surface area contributed by atoms with E-state index >= 15 is 0 Å². The van der Waals surface area contributed by atoms with Gasteiger partial charge in [-0.1, -0.05) is 18.2 Å². The molecule has 0 atom stereocenters. The first-order valence-corrected chi connectivity index (χ1v) is 5.78. The van der Waals surface area contributed by atoms with Gasteiger partial charge in [-0.15, -0.1) is 0 Å². The summed E-state index contributed by atoms with van der Waals surface area (Å²) in [7, 11) is 0. The van der Waals surface area contributed by atoms with Crippen LogP contribution in [0.4, 0.5) is 18.6 Å². The van der Waals surface area contributed by atoms with Gasteiger partial charge in [-0.25, -0.2) is 0 Å². The van der Waals surface area contributed by atoms with Crippen LogP contribution in [0.5, 0.6) is 0 Å². The number of para-hydroxylation sites is 1. The fourth-order valence-electron chi connectivity index (χ4n) is 2.12. The van der Waals surface area contributed by atoms with E-state index in [0.717, 1.165) is 5.69 Å². The Bertz CT molecular complexity index is 353. The maximum atomic E-state index is 12.3. The first-order valence-electron chi connectivity index (χ1n) is 5.78. The van der Waals surface area contributed by atoms with Crippen LogP contribution in [-0.4, -0.2) is 44.5 Å². The van der Waals surface area contributed by atoms with E-state index in [4.69, 9.17) is 0 Å². The quantitative estimate of drug-likeness (QED) is 0.670. The first-order chi connectivity index (χ1) is 8.04. The maximum Gasteiger partial charge on any atom is 1.00 e. The molecule has 2 nitrogen and oxygen atoms in total. The van der Waals surface area contributed by atoms with Crippen molar-refractivity contribution < 1.29 is 64.3 Å². The number of benzene rings is 1. The van der Waals surface area contributed by atoms with Crippen molar-refractivity contribution in [2.24, 2.45) is 0 Å². The molecule has 0 aromatic heterocycles. The number of nitrogens with zero attached hydrogens (tertiary/aromatic N) is 2. The summed E-state index contributed by atoms with van der Waals surface area (Å²) >= 11 is 0. The van der Waals surface area contributed by atoms with E-state index in [9.17, 15) is 12.9 Å². The third kappa shape index (κ3) is 5.22.